The number of aryl methyl sites for hydroxylation is 1. The average molecular weight is 462 g/mol. The molecule has 4 nitrogen and oxygen atoms in total. The lowest BCUT2D eigenvalue weighted by Gasteiger charge is -2.30. The Balaban J connectivity index is 1.57. The van der Waals surface area contributed by atoms with E-state index in [-0.39, 0.29) is 0 Å². The Labute approximate surface area is 192 Å². The topological polar surface area (TPSA) is 56.3 Å². The standard InChI is InChI=1S/C25H35NO3S2/c1-25(2,3)31(27,28)18-20-12-10-19(11-13-20)14-15-21-16-17-23(29-4)26-24(21)30-22-8-6-5-7-9-22/h5-9,16-17,19-20H,10-15,18H2,1-4H3. The van der Waals surface area contributed by atoms with Gasteiger partial charge >= 0.3 is 0 Å². The second-order valence-corrected chi connectivity index (χ2v) is 13.4. The normalized spacial score (nSPS) is 19.9. The number of rotatable bonds is 8. The van der Waals surface area contributed by atoms with Crippen LogP contribution in [-0.2, 0) is 16.3 Å². The first-order valence-electron chi connectivity index (χ1n) is 11.2. The molecule has 0 spiro atoms. The fourth-order valence-electron chi connectivity index (χ4n) is 4.05. The van der Waals surface area contributed by atoms with Gasteiger partial charge in [-0.1, -0.05) is 48.9 Å². The number of pyridine rings is 1. The summed E-state index contributed by atoms with van der Waals surface area (Å²) in [5, 5.41) is 1.01. The second kappa shape index (κ2) is 10.4. The predicted molar refractivity (Wildman–Crippen MR) is 129 cm³/mol. The third-order valence-corrected chi connectivity index (χ3v) is 10.1. The minimum atomic E-state index is -3.04. The molecule has 2 aromatic rings. The summed E-state index contributed by atoms with van der Waals surface area (Å²) in [6.45, 7) is 5.42. The van der Waals surface area contributed by atoms with E-state index in [0.29, 0.717) is 23.5 Å². The Bertz CT molecular complexity index is 944. The van der Waals surface area contributed by atoms with Crippen LogP contribution in [0.15, 0.2) is 52.4 Å². The van der Waals surface area contributed by atoms with Gasteiger partial charge in [0.05, 0.1) is 17.6 Å². The zero-order valence-electron chi connectivity index (χ0n) is 19.1. The molecule has 170 valence electrons. The van der Waals surface area contributed by atoms with E-state index in [0.717, 1.165) is 43.6 Å². The van der Waals surface area contributed by atoms with Gasteiger partial charge in [0.2, 0.25) is 5.88 Å². The molecule has 31 heavy (non-hydrogen) atoms. The lowest BCUT2D eigenvalue weighted by Crippen LogP contribution is -2.34. The summed E-state index contributed by atoms with van der Waals surface area (Å²) in [6, 6.07) is 14.4. The van der Waals surface area contributed by atoms with Crippen molar-refractivity contribution in [3.63, 3.8) is 0 Å². The van der Waals surface area contributed by atoms with E-state index in [2.05, 4.69) is 18.2 Å². The molecule has 1 aromatic carbocycles. The highest BCUT2D eigenvalue weighted by Gasteiger charge is 2.33. The number of hydrogen-bond acceptors (Lipinski definition) is 5. The molecular formula is C25H35NO3S2. The monoisotopic (exact) mass is 461 g/mol. The van der Waals surface area contributed by atoms with Crippen LogP contribution in [0.2, 0.25) is 0 Å². The van der Waals surface area contributed by atoms with Crippen molar-refractivity contribution in [1.82, 2.24) is 4.98 Å². The molecule has 1 aromatic heterocycles. The Kier molecular flexibility index (Phi) is 8.08. The molecule has 1 saturated carbocycles. The molecule has 3 rings (SSSR count). The molecule has 0 unspecified atom stereocenters. The van der Waals surface area contributed by atoms with E-state index in [1.165, 1.54) is 10.5 Å². The number of hydrogen-bond donors (Lipinski definition) is 0. The summed E-state index contributed by atoms with van der Waals surface area (Å²) in [5.41, 5.74) is 1.26. The van der Waals surface area contributed by atoms with Gasteiger partial charge in [-0.05, 0) is 76.0 Å². The van der Waals surface area contributed by atoms with Crippen LogP contribution in [0, 0.1) is 11.8 Å². The molecule has 1 fully saturated rings. The summed E-state index contributed by atoms with van der Waals surface area (Å²) in [5.74, 6) is 1.95. The minimum Gasteiger partial charge on any atom is -0.481 e. The maximum atomic E-state index is 12.5. The van der Waals surface area contributed by atoms with Crippen molar-refractivity contribution >= 4 is 21.6 Å². The van der Waals surface area contributed by atoms with Gasteiger partial charge in [0, 0.05) is 11.0 Å². The largest absolute Gasteiger partial charge is 0.481 e. The molecule has 0 amide bonds. The van der Waals surface area contributed by atoms with Crippen molar-refractivity contribution in [2.75, 3.05) is 12.9 Å². The maximum absolute atomic E-state index is 12.5. The van der Waals surface area contributed by atoms with Crippen LogP contribution in [0.25, 0.3) is 0 Å². The molecular weight excluding hydrogens is 426 g/mol. The zero-order chi connectivity index (χ0) is 22.5. The Morgan fingerprint density at radius 1 is 1.00 bits per heavy atom. The van der Waals surface area contributed by atoms with Crippen molar-refractivity contribution in [3.8, 4) is 5.88 Å². The van der Waals surface area contributed by atoms with E-state index in [9.17, 15) is 8.42 Å². The van der Waals surface area contributed by atoms with E-state index in [4.69, 9.17) is 9.72 Å². The summed E-state index contributed by atoms with van der Waals surface area (Å²) in [7, 11) is -1.38. The maximum Gasteiger partial charge on any atom is 0.214 e. The van der Waals surface area contributed by atoms with E-state index in [1.807, 2.05) is 45.0 Å². The zero-order valence-corrected chi connectivity index (χ0v) is 20.8. The number of methoxy groups -OCH3 is 1. The van der Waals surface area contributed by atoms with E-state index >= 15 is 0 Å². The highest BCUT2D eigenvalue weighted by atomic mass is 32.2. The first-order chi connectivity index (χ1) is 14.7. The average Bonchev–Trinajstić information content (AvgIpc) is 2.73. The van der Waals surface area contributed by atoms with Gasteiger partial charge < -0.3 is 4.74 Å². The molecule has 1 aliphatic rings. The van der Waals surface area contributed by atoms with Crippen LogP contribution < -0.4 is 4.74 Å². The minimum absolute atomic E-state index is 0.312. The van der Waals surface area contributed by atoms with Gasteiger partial charge in [0.15, 0.2) is 9.84 Å². The lowest BCUT2D eigenvalue weighted by molar-refractivity contribution is 0.277. The summed E-state index contributed by atoms with van der Waals surface area (Å²) in [6.07, 6.45) is 6.39. The molecule has 0 N–H and O–H groups in total. The number of aromatic nitrogens is 1. The van der Waals surface area contributed by atoms with Gasteiger partial charge in [-0.25, -0.2) is 13.4 Å². The van der Waals surface area contributed by atoms with Crippen molar-refractivity contribution in [3.05, 3.63) is 48.0 Å². The molecule has 1 aliphatic carbocycles. The molecule has 0 aliphatic heterocycles. The molecule has 0 radical (unpaired) electrons. The first-order valence-corrected chi connectivity index (χ1v) is 13.6. The fraction of sp³-hybridized carbons (Fsp3) is 0.560. The first kappa shape index (κ1) is 24.1. The third-order valence-electron chi connectivity index (χ3n) is 6.26. The quantitative estimate of drug-likeness (QED) is 0.469. The predicted octanol–water partition coefficient (Wildman–Crippen LogP) is 6.19. The van der Waals surface area contributed by atoms with E-state index in [1.54, 1.807) is 18.9 Å². The highest BCUT2D eigenvalue weighted by molar-refractivity contribution is 7.99. The van der Waals surface area contributed by atoms with Crippen LogP contribution in [0.5, 0.6) is 5.88 Å². The highest BCUT2D eigenvalue weighted by Crippen LogP contribution is 2.36. The molecule has 0 atom stereocenters. The van der Waals surface area contributed by atoms with Crippen molar-refractivity contribution in [1.29, 1.82) is 0 Å². The number of benzene rings is 1. The molecule has 0 saturated heterocycles. The smallest absolute Gasteiger partial charge is 0.214 e. The Morgan fingerprint density at radius 3 is 2.26 bits per heavy atom. The Hall–Kier alpha value is -1.53. The van der Waals surface area contributed by atoms with Crippen molar-refractivity contribution < 1.29 is 13.2 Å². The van der Waals surface area contributed by atoms with Crippen LogP contribution in [-0.4, -0.2) is 31.0 Å². The van der Waals surface area contributed by atoms with Gasteiger partial charge in [-0.15, -0.1) is 0 Å². The van der Waals surface area contributed by atoms with Crippen molar-refractivity contribution in [2.24, 2.45) is 11.8 Å². The fourth-order valence-corrected chi connectivity index (χ4v) is 6.46. The van der Waals surface area contributed by atoms with Gasteiger partial charge in [0.1, 0.15) is 5.03 Å². The number of sulfone groups is 1. The van der Waals surface area contributed by atoms with Crippen LogP contribution >= 0.6 is 11.8 Å². The van der Waals surface area contributed by atoms with Crippen LogP contribution in [0.1, 0.15) is 58.4 Å². The molecule has 6 heteroatoms. The number of nitrogens with zero attached hydrogens (tertiary/aromatic N) is 1. The summed E-state index contributed by atoms with van der Waals surface area (Å²) >= 11 is 1.68. The van der Waals surface area contributed by atoms with Crippen molar-refractivity contribution in [2.45, 2.75) is 74.0 Å². The summed E-state index contributed by atoms with van der Waals surface area (Å²) < 4.78 is 29.8. The SMILES string of the molecule is COc1ccc(CCC2CCC(CS(=O)(=O)C(C)(C)C)CC2)c(Sc2ccccc2)n1. The second-order valence-electron chi connectivity index (χ2n) is 9.55. The van der Waals surface area contributed by atoms with Gasteiger partial charge in [-0.3, -0.25) is 0 Å². The Morgan fingerprint density at radius 2 is 1.65 bits per heavy atom. The van der Waals surface area contributed by atoms with Gasteiger partial charge in [-0.2, -0.15) is 0 Å². The van der Waals surface area contributed by atoms with Crippen LogP contribution in [0.4, 0.5) is 0 Å². The molecule has 1 heterocycles. The lowest BCUT2D eigenvalue weighted by atomic mass is 9.80. The summed E-state index contributed by atoms with van der Waals surface area (Å²) in [4.78, 5) is 5.87. The third kappa shape index (κ3) is 6.72. The van der Waals surface area contributed by atoms with Crippen LogP contribution in [0.3, 0.4) is 0 Å². The molecule has 0 bridgehead atoms. The van der Waals surface area contributed by atoms with Gasteiger partial charge in [0.25, 0.3) is 0 Å². The number of ether oxygens (including phenoxy) is 1. The van der Waals surface area contributed by atoms with E-state index < -0.39 is 14.6 Å².